The summed E-state index contributed by atoms with van der Waals surface area (Å²) in [7, 11) is 1.63. The maximum Gasteiger partial charge on any atom is 0.179 e. The van der Waals surface area contributed by atoms with Gasteiger partial charge in [0.1, 0.15) is 5.75 Å². The standard InChI is InChI=1S/C15H22N2O2/c1-3-14(17-10-8-16-9-11-17)15(18)12-4-6-13(19-2)7-5-12/h4-7,14,16H,3,8-11H2,1-2H3. The molecule has 4 nitrogen and oxygen atoms in total. The molecule has 1 N–H and O–H groups in total. The summed E-state index contributed by atoms with van der Waals surface area (Å²) in [4.78, 5) is 14.9. The number of ketones is 1. The van der Waals surface area contributed by atoms with Gasteiger partial charge in [-0.2, -0.15) is 0 Å². The number of benzene rings is 1. The molecule has 0 radical (unpaired) electrons. The zero-order valence-corrected chi connectivity index (χ0v) is 11.7. The van der Waals surface area contributed by atoms with Crippen LogP contribution < -0.4 is 10.1 Å². The summed E-state index contributed by atoms with van der Waals surface area (Å²) in [6.45, 7) is 5.90. The Labute approximate surface area is 114 Å². The molecule has 1 aromatic rings. The minimum absolute atomic E-state index is 0.00417. The molecule has 4 heteroatoms. The Kier molecular flexibility index (Phi) is 4.93. The molecule has 104 valence electrons. The Morgan fingerprint density at radius 3 is 2.47 bits per heavy atom. The van der Waals surface area contributed by atoms with Crippen molar-refractivity contribution in [1.29, 1.82) is 0 Å². The van der Waals surface area contributed by atoms with E-state index >= 15 is 0 Å². The molecule has 2 rings (SSSR count). The lowest BCUT2D eigenvalue weighted by Crippen LogP contribution is -2.51. The summed E-state index contributed by atoms with van der Waals surface area (Å²) in [5.74, 6) is 0.999. The van der Waals surface area contributed by atoms with Crippen molar-refractivity contribution in [3.63, 3.8) is 0 Å². The lowest BCUT2D eigenvalue weighted by atomic mass is 10.00. The quantitative estimate of drug-likeness (QED) is 0.818. The van der Waals surface area contributed by atoms with Crippen molar-refractivity contribution in [3.8, 4) is 5.75 Å². The van der Waals surface area contributed by atoms with Gasteiger partial charge in [-0.25, -0.2) is 0 Å². The molecule has 1 aliphatic rings. The number of nitrogens with zero attached hydrogens (tertiary/aromatic N) is 1. The number of rotatable bonds is 5. The van der Waals surface area contributed by atoms with Crippen molar-refractivity contribution in [3.05, 3.63) is 29.8 Å². The number of carbonyl (C=O) groups is 1. The minimum Gasteiger partial charge on any atom is -0.497 e. The van der Waals surface area contributed by atoms with Gasteiger partial charge in [-0.05, 0) is 30.7 Å². The number of ether oxygens (including phenoxy) is 1. The maximum absolute atomic E-state index is 12.6. The van der Waals surface area contributed by atoms with Gasteiger partial charge in [-0.1, -0.05) is 6.92 Å². The smallest absolute Gasteiger partial charge is 0.179 e. The SMILES string of the molecule is CCC(C(=O)c1ccc(OC)cc1)N1CCNCC1. The highest BCUT2D eigenvalue weighted by Gasteiger charge is 2.26. The van der Waals surface area contributed by atoms with Gasteiger partial charge in [0.05, 0.1) is 13.2 Å². The van der Waals surface area contributed by atoms with Gasteiger partial charge in [-0.3, -0.25) is 9.69 Å². The highest BCUT2D eigenvalue weighted by Crippen LogP contribution is 2.16. The zero-order chi connectivity index (χ0) is 13.7. The molecule has 0 aliphatic carbocycles. The van der Waals surface area contributed by atoms with E-state index in [0.717, 1.165) is 43.9 Å². The topological polar surface area (TPSA) is 41.6 Å². The van der Waals surface area contributed by atoms with E-state index in [1.54, 1.807) is 7.11 Å². The highest BCUT2D eigenvalue weighted by molar-refractivity contribution is 6.00. The number of Topliss-reactive ketones (excluding diaryl/α,β-unsaturated/α-hetero) is 1. The fourth-order valence-corrected chi connectivity index (χ4v) is 2.55. The Morgan fingerprint density at radius 1 is 1.32 bits per heavy atom. The first kappa shape index (κ1) is 14.0. The second-order valence-corrected chi connectivity index (χ2v) is 4.80. The fourth-order valence-electron chi connectivity index (χ4n) is 2.55. The predicted octanol–water partition coefficient (Wildman–Crippen LogP) is 1.56. The molecule has 1 unspecified atom stereocenters. The van der Waals surface area contributed by atoms with Crippen LogP contribution in [0.2, 0.25) is 0 Å². The molecule has 0 spiro atoms. The molecule has 1 fully saturated rings. The lowest BCUT2D eigenvalue weighted by molar-refractivity contribution is 0.0790. The molecule has 0 saturated carbocycles. The average molecular weight is 262 g/mol. The molecular formula is C15H22N2O2. The summed E-state index contributed by atoms with van der Waals surface area (Å²) in [6, 6.07) is 7.39. The number of hydrogen-bond donors (Lipinski definition) is 1. The van der Waals surface area contributed by atoms with Crippen LogP contribution in [-0.2, 0) is 0 Å². The largest absolute Gasteiger partial charge is 0.497 e. The van der Waals surface area contributed by atoms with Crippen LogP contribution in [-0.4, -0.2) is 50.0 Å². The average Bonchev–Trinajstić information content (AvgIpc) is 2.49. The minimum atomic E-state index is -0.00417. The van der Waals surface area contributed by atoms with Crippen LogP contribution in [0.15, 0.2) is 24.3 Å². The van der Waals surface area contributed by atoms with E-state index in [9.17, 15) is 4.79 Å². The number of nitrogens with one attached hydrogen (secondary N) is 1. The van der Waals surface area contributed by atoms with Gasteiger partial charge in [0.25, 0.3) is 0 Å². The van der Waals surface area contributed by atoms with Crippen LogP contribution in [0.25, 0.3) is 0 Å². The first-order valence-corrected chi connectivity index (χ1v) is 6.89. The monoisotopic (exact) mass is 262 g/mol. The molecule has 0 amide bonds. The second kappa shape index (κ2) is 6.68. The Hall–Kier alpha value is -1.39. The molecule has 1 aromatic carbocycles. The zero-order valence-electron chi connectivity index (χ0n) is 11.7. The molecule has 0 bridgehead atoms. The second-order valence-electron chi connectivity index (χ2n) is 4.80. The number of carbonyl (C=O) groups excluding carboxylic acids is 1. The van der Waals surface area contributed by atoms with Crippen LogP contribution >= 0.6 is 0 Å². The number of methoxy groups -OCH3 is 1. The van der Waals surface area contributed by atoms with E-state index in [0.29, 0.717) is 0 Å². The van der Waals surface area contributed by atoms with Gasteiger partial charge in [-0.15, -0.1) is 0 Å². The normalized spacial score (nSPS) is 18.0. The van der Waals surface area contributed by atoms with Crippen molar-refractivity contribution in [2.24, 2.45) is 0 Å². The summed E-state index contributed by atoms with van der Waals surface area (Å²) in [5, 5.41) is 3.32. The van der Waals surface area contributed by atoms with Crippen LogP contribution in [0.5, 0.6) is 5.75 Å². The van der Waals surface area contributed by atoms with Gasteiger partial charge in [0.15, 0.2) is 5.78 Å². The fraction of sp³-hybridized carbons (Fsp3) is 0.533. The van der Waals surface area contributed by atoms with Crippen molar-refractivity contribution < 1.29 is 9.53 Å². The van der Waals surface area contributed by atoms with Crippen LogP contribution in [0, 0.1) is 0 Å². The van der Waals surface area contributed by atoms with Crippen molar-refractivity contribution in [2.45, 2.75) is 19.4 Å². The molecule has 1 aliphatic heterocycles. The molecule has 19 heavy (non-hydrogen) atoms. The van der Waals surface area contributed by atoms with Gasteiger partial charge in [0.2, 0.25) is 0 Å². The molecular weight excluding hydrogens is 240 g/mol. The van der Waals surface area contributed by atoms with E-state index in [1.807, 2.05) is 24.3 Å². The van der Waals surface area contributed by atoms with Crippen LogP contribution in [0.1, 0.15) is 23.7 Å². The first-order chi connectivity index (χ1) is 9.26. The van der Waals surface area contributed by atoms with Crippen molar-refractivity contribution in [1.82, 2.24) is 10.2 Å². The van der Waals surface area contributed by atoms with Gasteiger partial charge < -0.3 is 10.1 Å². The Balaban J connectivity index is 2.10. The summed E-state index contributed by atoms with van der Waals surface area (Å²) in [5.41, 5.74) is 0.770. The lowest BCUT2D eigenvalue weighted by Gasteiger charge is -2.33. The van der Waals surface area contributed by atoms with Gasteiger partial charge >= 0.3 is 0 Å². The third kappa shape index (κ3) is 3.33. The van der Waals surface area contributed by atoms with Crippen molar-refractivity contribution >= 4 is 5.78 Å². The summed E-state index contributed by atoms with van der Waals surface area (Å²) < 4.78 is 5.12. The van der Waals surface area contributed by atoms with E-state index < -0.39 is 0 Å². The Bertz CT molecular complexity index is 411. The van der Waals surface area contributed by atoms with Gasteiger partial charge in [0, 0.05) is 31.7 Å². The molecule has 0 aromatic heterocycles. The summed E-state index contributed by atoms with van der Waals surface area (Å²) in [6.07, 6.45) is 0.852. The molecule has 1 heterocycles. The maximum atomic E-state index is 12.6. The molecule has 1 atom stereocenters. The number of piperazine rings is 1. The summed E-state index contributed by atoms with van der Waals surface area (Å²) >= 11 is 0. The number of hydrogen-bond acceptors (Lipinski definition) is 4. The first-order valence-electron chi connectivity index (χ1n) is 6.89. The van der Waals surface area contributed by atoms with E-state index in [1.165, 1.54) is 0 Å². The van der Waals surface area contributed by atoms with Crippen LogP contribution in [0.4, 0.5) is 0 Å². The Morgan fingerprint density at radius 2 is 1.95 bits per heavy atom. The third-order valence-corrected chi connectivity index (χ3v) is 3.66. The van der Waals surface area contributed by atoms with Crippen LogP contribution in [0.3, 0.4) is 0 Å². The highest BCUT2D eigenvalue weighted by atomic mass is 16.5. The van der Waals surface area contributed by atoms with E-state index in [4.69, 9.17) is 4.74 Å². The molecule has 1 saturated heterocycles. The van der Waals surface area contributed by atoms with E-state index in [-0.39, 0.29) is 11.8 Å². The van der Waals surface area contributed by atoms with Crippen molar-refractivity contribution in [2.75, 3.05) is 33.3 Å². The predicted molar refractivity (Wildman–Crippen MR) is 75.8 cm³/mol. The third-order valence-electron chi connectivity index (χ3n) is 3.66. The van der Waals surface area contributed by atoms with E-state index in [2.05, 4.69) is 17.1 Å².